The largest absolute Gasteiger partial charge is 0.370 e. The lowest BCUT2D eigenvalue weighted by Gasteiger charge is -2.14. The number of H-pyrrole nitrogens is 1. The molecule has 0 radical (unpaired) electrons. The van der Waals surface area contributed by atoms with E-state index >= 15 is 0 Å². The highest BCUT2D eigenvalue weighted by Crippen LogP contribution is 2.31. The van der Waals surface area contributed by atoms with Crippen LogP contribution in [0.1, 0.15) is 0 Å². The Labute approximate surface area is 115 Å². The minimum absolute atomic E-state index is 0.126. The number of halogens is 1. The highest BCUT2D eigenvalue weighted by Gasteiger charge is 2.14. The van der Waals surface area contributed by atoms with E-state index in [9.17, 15) is 4.21 Å². The molecule has 1 heterocycles. The first-order valence-corrected chi connectivity index (χ1v) is 6.46. The van der Waals surface area contributed by atoms with Crippen LogP contribution in [0.5, 0.6) is 0 Å². The molecule has 0 spiro atoms. The van der Waals surface area contributed by atoms with E-state index in [1.165, 1.54) is 7.05 Å². The predicted octanol–water partition coefficient (Wildman–Crippen LogP) is 0.694. The fourth-order valence-electron chi connectivity index (χ4n) is 1.51. The lowest BCUT2D eigenvalue weighted by Crippen LogP contribution is -2.22. The molecule has 2 aromatic rings. The van der Waals surface area contributed by atoms with Crippen LogP contribution in [0.3, 0.4) is 0 Å². The van der Waals surface area contributed by atoms with Gasteiger partial charge in [0.25, 0.3) is 11.3 Å². The van der Waals surface area contributed by atoms with Gasteiger partial charge in [0.1, 0.15) is 0 Å². The van der Waals surface area contributed by atoms with Gasteiger partial charge >= 0.3 is 0 Å². The van der Waals surface area contributed by atoms with Crippen molar-refractivity contribution in [1.82, 2.24) is 9.97 Å². The normalized spacial score (nSPS) is 12.4. The molecule has 10 heteroatoms. The van der Waals surface area contributed by atoms with Crippen molar-refractivity contribution in [3.8, 4) is 0 Å². The summed E-state index contributed by atoms with van der Waals surface area (Å²) >= 11 is 3.86. The number of aromatic nitrogens is 2. The number of anilines is 1. The van der Waals surface area contributed by atoms with E-state index in [1.54, 1.807) is 12.1 Å². The first-order valence-electron chi connectivity index (χ1n) is 5.02. The Bertz CT molecular complexity index is 681. The number of benzene rings is 1. The Kier molecular flexibility index (Phi) is 3.60. The van der Waals surface area contributed by atoms with Crippen LogP contribution in [-0.4, -0.2) is 31.7 Å². The summed E-state index contributed by atoms with van der Waals surface area (Å²) in [6.45, 7) is 0. The van der Waals surface area contributed by atoms with Crippen LogP contribution in [0.15, 0.2) is 17.1 Å². The Morgan fingerprint density at radius 2 is 2.26 bits per heavy atom. The highest BCUT2D eigenvalue weighted by molar-refractivity contribution is 7.80. The van der Waals surface area contributed by atoms with Gasteiger partial charge in [-0.2, -0.15) is 4.99 Å². The van der Waals surface area contributed by atoms with E-state index in [-0.39, 0.29) is 11.9 Å². The number of aliphatic imine (C=N–C) groups is 1. The van der Waals surface area contributed by atoms with Gasteiger partial charge in [-0.1, -0.05) is 11.6 Å². The molecule has 0 bridgehead atoms. The Hall–Kier alpha value is -1.84. The molecule has 1 aromatic carbocycles. The Morgan fingerprint density at radius 1 is 1.58 bits per heavy atom. The van der Waals surface area contributed by atoms with E-state index in [0.717, 1.165) is 4.31 Å². The molecule has 0 amide bonds. The minimum atomic E-state index is -2.17. The summed E-state index contributed by atoms with van der Waals surface area (Å²) in [7, 11) is 1.44. The molecule has 19 heavy (non-hydrogen) atoms. The molecule has 0 saturated carbocycles. The third kappa shape index (κ3) is 2.78. The van der Waals surface area contributed by atoms with Crippen molar-refractivity contribution in [3.63, 3.8) is 0 Å². The fraction of sp³-hybridized carbons (Fsp3) is 0.111. The van der Waals surface area contributed by atoms with Crippen molar-refractivity contribution in [1.29, 1.82) is 0 Å². The molecule has 0 fully saturated rings. The third-order valence-corrected chi connectivity index (χ3v) is 3.31. The summed E-state index contributed by atoms with van der Waals surface area (Å²) in [5, 5.41) is 0.303. The van der Waals surface area contributed by atoms with Gasteiger partial charge in [-0.25, -0.2) is 9.19 Å². The molecule has 0 aliphatic carbocycles. The lowest BCUT2D eigenvalue weighted by molar-refractivity contribution is 0.562. The summed E-state index contributed by atoms with van der Waals surface area (Å²) < 4.78 is 21.2. The van der Waals surface area contributed by atoms with Gasteiger partial charge in [0.2, 0.25) is 5.95 Å². The van der Waals surface area contributed by atoms with Gasteiger partial charge in [0.15, 0.2) is 5.96 Å². The van der Waals surface area contributed by atoms with Crippen molar-refractivity contribution in [2.24, 2.45) is 16.5 Å². The minimum Gasteiger partial charge on any atom is -0.370 e. The van der Waals surface area contributed by atoms with E-state index < -0.39 is 11.3 Å². The molecule has 6 N–H and O–H groups in total. The number of hydrogen-bond acceptors (Lipinski definition) is 3. The Balaban J connectivity index is 2.56. The van der Waals surface area contributed by atoms with E-state index in [4.69, 9.17) is 27.6 Å². The molecule has 0 aliphatic heterocycles. The van der Waals surface area contributed by atoms with E-state index in [1.807, 2.05) is 0 Å². The summed E-state index contributed by atoms with van der Waals surface area (Å²) in [5.41, 5.74) is 12.0. The molecule has 8 nitrogen and oxygen atoms in total. The summed E-state index contributed by atoms with van der Waals surface area (Å²) in [5.74, 6) is 0.106. The molecule has 0 saturated heterocycles. The van der Waals surface area contributed by atoms with Crippen LogP contribution in [-0.2, 0) is 11.3 Å². The van der Waals surface area contributed by atoms with Gasteiger partial charge < -0.3 is 16.5 Å². The van der Waals surface area contributed by atoms with Crippen LogP contribution < -0.4 is 15.8 Å². The summed E-state index contributed by atoms with van der Waals surface area (Å²) in [4.78, 5) is 10.8. The first kappa shape index (κ1) is 13.6. The summed E-state index contributed by atoms with van der Waals surface area (Å²) in [6.07, 6.45) is 0. The number of nitrogens with one attached hydrogen (secondary N) is 1. The first-order chi connectivity index (χ1) is 8.88. The quantitative estimate of drug-likeness (QED) is 0.376. The van der Waals surface area contributed by atoms with Crippen molar-refractivity contribution >= 4 is 51.5 Å². The topological polar surface area (TPSA) is 134 Å². The SMILES string of the molecule is CN(c1cc2nc(N=C(N)N)[nH]c2cc1Cl)S(=O)O. The zero-order valence-corrected chi connectivity index (χ0v) is 11.4. The number of fused-ring (bicyclic) bond motifs is 1. The average molecular weight is 303 g/mol. The molecule has 0 aliphatic rings. The second-order valence-corrected chi connectivity index (χ2v) is 5.06. The van der Waals surface area contributed by atoms with Crippen molar-refractivity contribution in [2.75, 3.05) is 11.4 Å². The van der Waals surface area contributed by atoms with Crippen LogP contribution in [0.25, 0.3) is 11.0 Å². The number of imidazole rings is 1. The standard InChI is InChI=1S/C9H11ClN6O2S/c1-16(19(17)18)7-3-6-5(2-4(7)10)13-9(14-6)15-8(11)12/h2-3H,1H3,(H,17,18)(H5,11,12,13,14,15). The van der Waals surface area contributed by atoms with Gasteiger partial charge in [-0.3, -0.25) is 8.86 Å². The van der Waals surface area contributed by atoms with Crippen LogP contribution in [0, 0.1) is 0 Å². The van der Waals surface area contributed by atoms with E-state index in [2.05, 4.69) is 15.0 Å². The highest BCUT2D eigenvalue weighted by atomic mass is 35.5. The zero-order chi connectivity index (χ0) is 14.2. The number of nitrogens with two attached hydrogens (primary N) is 2. The maximum atomic E-state index is 11.0. The molecule has 102 valence electrons. The van der Waals surface area contributed by atoms with Gasteiger partial charge in [0, 0.05) is 7.05 Å². The second kappa shape index (κ2) is 5.03. The number of nitrogens with zero attached hydrogens (tertiary/aromatic N) is 3. The Morgan fingerprint density at radius 3 is 2.84 bits per heavy atom. The molecule has 1 unspecified atom stereocenters. The average Bonchev–Trinajstić information content (AvgIpc) is 2.66. The lowest BCUT2D eigenvalue weighted by atomic mass is 10.3. The third-order valence-electron chi connectivity index (χ3n) is 2.35. The number of guanidine groups is 1. The fourth-order valence-corrected chi connectivity index (χ4v) is 2.17. The van der Waals surface area contributed by atoms with Crippen molar-refractivity contribution in [3.05, 3.63) is 17.2 Å². The van der Waals surface area contributed by atoms with Crippen LogP contribution in [0.2, 0.25) is 5.02 Å². The monoisotopic (exact) mass is 302 g/mol. The van der Waals surface area contributed by atoms with Gasteiger partial charge in [-0.15, -0.1) is 0 Å². The molecular formula is C9H11ClN6O2S. The number of rotatable bonds is 3. The second-order valence-electron chi connectivity index (χ2n) is 3.65. The maximum absolute atomic E-state index is 11.0. The zero-order valence-electron chi connectivity index (χ0n) is 9.79. The van der Waals surface area contributed by atoms with Crippen molar-refractivity contribution in [2.45, 2.75) is 0 Å². The molecule has 1 atom stereocenters. The van der Waals surface area contributed by atoms with Gasteiger partial charge in [-0.05, 0) is 12.1 Å². The van der Waals surface area contributed by atoms with Crippen LogP contribution in [0.4, 0.5) is 11.6 Å². The molecule has 2 rings (SSSR count). The van der Waals surface area contributed by atoms with Gasteiger partial charge in [0.05, 0.1) is 21.7 Å². The van der Waals surface area contributed by atoms with Crippen molar-refractivity contribution < 1.29 is 8.76 Å². The predicted molar refractivity (Wildman–Crippen MR) is 75.7 cm³/mol. The number of aromatic amines is 1. The molecule has 1 aromatic heterocycles. The number of hydrogen-bond donors (Lipinski definition) is 4. The van der Waals surface area contributed by atoms with Crippen LogP contribution >= 0.6 is 11.6 Å². The maximum Gasteiger partial charge on any atom is 0.261 e. The van der Waals surface area contributed by atoms with E-state index in [0.29, 0.717) is 21.7 Å². The molecular weight excluding hydrogens is 292 g/mol. The summed E-state index contributed by atoms with van der Waals surface area (Å²) in [6, 6.07) is 3.14. The smallest absolute Gasteiger partial charge is 0.261 e.